The standard InChI is InChI=1S/C41H41NO7/c1-41(2,3)49-40(44)42-24-23-30-19-21-35(22-20-30)48-39(43)34-25-36(45-27-31-13-7-4-8-14-31)38(47-29-33-17-11-6-12-18-33)37(26-34)46-28-32-15-9-5-10-16-32/h4-22,25-26H,23-24,27-29H2,1-3H3,(H,42,44). The fraction of sp³-hybridized carbons (Fsp3) is 0.220. The minimum Gasteiger partial charge on any atom is -0.485 e. The first kappa shape index (κ1) is 34.6. The minimum atomic E-state index is -0.580. The van der Waals surface area contributed by atoms with E-state index in [0.29, 0.717) is 36.0 Å². The van der Waals surface area contributed by atoms with E-state index in [-0.39, 0.29) is 25.4 Å². The molecule has 0 saturated heterocycles. The quantitative estimate of drug-likeness (QED) is 0.0942. The Morgan fingerprint density at radius 3 is 1.53 bits per heavy atom. The van der Waals surface area contributed by atoms with E-state index in [9.17, 15) is 9.59 Å². The topological polar surface area (TPSA) is 92.3 Å². The van der Waals surface area contributed by atoms with Crippen LogP contribution >= 0.6 is 0 Å². The van der Waals surface area contributed by atoms with Crippen molar-refractivity contribution in [3.05, 3.63) is 155 Å². The van der Waals surface area contributed by atoms with Gasteiger partial charge in [-0.05, 0) is 73.7 Å². The fourth-order valence-electron chi connectivity index (χ4n) is 4.76. The van der Waals surface area contributed by atoms with E-state index in [2.05, 4.69) is 5.32 Å². The van der Waals surface area contributed by atoms with E-state index in [1.165, 1.54) is 0 Å². The van der Waals surface area contributed by atoms with Crippen molar-refractivity contribution in [1.82, 2.24) is 5.32 Å². The Balaban J connectivity index is 1.35. The molecule has 5 aromatic rings. The smallest absolute Gasteiger partial charge is 0.407 e. The van der Waals surface area contributed by atoms with Crippen LogP contribution in [0, 0.1) is 0 Å². The van der Waals surface area contributed by atoms with Gasteiger partial charge in [0.2, 0.25) is 5.75 Å². The number of amides is 1. The highest BCUT2D eigenvalue weighted by Crippen LogP contribution is 2.41. The maximum Gasteiger partial charge on any atom is 0.407 e. The lowest BCUT2D eigenvalue weighted by Crippen LogP contribution is -2.33. The van der Waals surface area contributed by atoms with E-state index in [1.54, 1.807) is 24.3 Å². The molecule has 0 heterocycles. The van der Waals surface area contributed by atoms with Gasteiger partial charge in [-0.1, -0.05) is 103 Å². The summed E-state index contributed by atoms with van der Waals surface area (Å²) < 4.78 is 30.0. The summed E-state index contributed by atoms with van der Waals surface area (Å²) in [5, 5.41) is 2.75. The van der Waals surface area contributed by atoms with Gasteiger partial charge < -0.3 is 29.0 Å². The van der Waals surface area contributed by atoms with Gasteiger partial charge in [-0.15, -0.1) is 0 Å². The Labute approximate surface area is 287 Å². The summed E-state index contributed by atoms with van der Waals surface area (Å²) in [6.45, 7) is 6.64. The van der Waals surface area contributed by atoms with Crippen molar-refractivity contribution in [2.45, 2.75) is 52.6 Å². The third-order valence-electron chi connectivity index (χ3n) is 7.17. The van der Waals surface area contributed by atoms with Crippen molar-refractivity contribution in [2.24, 2.45) is 0 Å². The van der Waals surface area contributed by atoms with E-state index in [4.69, 9.17) is 23.7 Å². The third-order valence-corrected chi connectivity index (χ3v) is 7.17. The number of nitrogens with one attached hydrogen (secondary N) is 1. The Hall–Kier alpha value is -5.76. The molecule has 252 valence electrons. The zero-order chi connectivity index (χ0) is 34.5. The second-order valence-electron chi connectivity index (χ2n) is 12.3. The van der Waals surface area contributed by atoms with E-state index >= 15 is 0 Å². The van der Waals surface area contributed by atoms with E-state index < -0.39 is 17.7 Å². The summed E-state index contributed by atoms with van der Waals surface area (Å²) in [5.74, 6) is 0.881. The van der Waals surface area contributed by atoms with Crippen molar-refractivity contribution in [3.8, 4) is 23.0 Å². The Morgan fingerprint density at radius 1 is 0.592 bits per heavy atom. The highest BCUT2D eigenvalue weighted by Gasteiger charge is 2.21. The summed E-state index contributed by atoms with van der Waals surface area (Å²) in [6.07, 6.45) is 0.121. The van der Waals surface area contributed by atoms with Crippen LogP contribution in [0.15, 0.2) is 127 Å². The molecule has 5 rings (SSSR count). The van der Waals surface area contributed by atoms with Crippen LogP contribution < -0.4 is 24.3 Å². The predicted molar refractivity (Wildman–Crippen MR) is 188 cm³/mol. The summed E-state index contributed by atoms with van der Waals surface area (Å²) in [7, 11) is 0. The molecule has 0 aromatic heterocycles. The van der Waals surface area contributed by atoms with Crippen LogP contribution in [0.3, 0.4) is 0 Å². The Bertz CT molecular complexity index is 1720. The van der Waals surface area contributed by atoms with Crippen LogP contribution in [0.4, 0.5) is 4.79 Å². The van der Waals surface area contributed by atoms with Crippen LogP contribution in [0.1, 0.15) is 53.4 Å². The SMILES string of the molecule is CC(C)(C)OC(=O)NCCc1ccc(OC(=O)c2cc(OCc3ccccc3)c(OCc3ccccc3)c(OCc3ccccc3)c2)cc1. The molecule has 0 bridgehead atoms. The molecule has 0 aliphatic rings. The molecule has 0 aliphatic heterocycles. The number of esters is 1. The predicted octanol–water partition coefficient (Wildman–Crippen LogP) is 8.71. The first-order chi connectivity index (χ1) is 23.7. The molecule has 0 spiro atoms. The van der Waals surface area contributed by atoms with Crippen molar-refractivity contribution in [1.29, 1.82) is 0 Å². The zero-order valence-corrected chi connectivity index (χ0v) is 28.0. The lowest BCUT2D eigenvalue weighted by Gasteiger charge is -2.19. The van der Waals surface area contributed by atoms with Crippen molar-refractivity contribution < 1.29 is 33.3 Å². The molecule has 0 atom stereocenters. The number of alkyl carbamates (subject to hydrolysis) is 1. The molecule has 1 N–H and O–H groups in total. The van der Waals surface area contributed by atoms with Gasteiger partial charge in [0.15, 0.2) is 11.5 Å². The molecule has 49 heavy (non-hydrogen) atoms. The number of benzene rings is 5. The van der Waals surface area contributed by atoms with Crippen LogP contribution in [0.25, 0.3) is 0 Å². The lowest BCUT2D eigenvalue weighted by molar-refractivity contribution is 0.0528. The number of hydrogen-bond acceptors (Lipinski definition) is 7. The van der Waals surface area contributed by atoms with Gasteiger partial charge in [-0.2, -0.15) is 0 Å². The molecular formula is C41H41NO7. The molecule has 0 fully saturated rings. The normalized spacial score (nSPS) is 10.9. The fourth-order valence-corrected chi connectivity index (χ4v) is 4.76. The van der Waals surface area contributed by atoms with Crippen LogP contribution in [0.2, 0.25) is 0 Å². The number of hydrogen-bond donors (Lipinski definition) is 1. The molecule has 0 saturated carbocycles. The van der Waals surface area contributed by atoms with Gasteiger partial charge in [-0.25, -0.2) is 9.59 Å². The second-order valence-corrected chi connectivity index (χ2v) is 12.3. The number of rotatable bonds is 14. The lowest BCUT2D eigenvalue weighted by atomic mass is 10.1. The summed E-state index contributed by atoms with van der Waals surface area (Å²) in [4.78, 5) is 25.5. The Kier molecular flexibility index (Phi) is 11.9. The van der Waals surface area contributed by atoms with E-state index in [1.807, 2.05) is 124 Å². The van der Waals surface area contributed by atoms with Gasteiger partial charge in [0.05, 0.1) is 5.56 Å². The molecule has 0 unspecified atom stereocenters. The van der Waals surface area contributed by atoms with Crippen molar-refractivity contribution in [2.75, 3.05) is 6.54 Å². The van der Waals surface area contributed by atoms with Crippen LogP contribution in [-0.4, -0.2) is 24.2 Å². The average Bonchev–Trinajstić information content (AvgIpc) is 3.10. The Morgan fingerprint density at radius 2 is 1.06 bits per heavy atom. The summed E-state index contributed by atoms with van der Waals surface area (Å²) in [6, 6.07) is 39.7. The van der Waals surface area contributed by atoms with Crippen molar-refractivity contribution >= 4 is 12.1 Å². The van der Waals surface area contributed by atoms with Crippen molar-refractivity contribution in [3.63, 3.8) is 0 Å². The van der Waals surface area contributed by atoms with Gasteiger partial charge in [0.1, 0.15) is 31.2 Å². The van der Waals surface area contributed by atoms with Gasteiger partial charge in [0.25, 0.3) is 0 Å². The molecule has 0 aliphatic carbocycles. The first-order valence-corrected chi connectivity index (χ1v) is 16.2. The number of ether oxygens (including phenoxy) is 5. The van der Waals surface area contributed by atoms with Gasteiger partial charge in [0, 0.05) is 6.54 Å². The molecular weight excluding hydrogens is 618 g/mol. The van der Waals surface area contributed by atoms with Crippen LogP contribution in [0.5, 0.6) is 23.0 Å². The third kappa shape index (κ3) is 11.2. The van der Waals surface area contributed by atoms with Gasteiger partial charge >= 0.3 is 12.1 Å². The second kappa shape index (κ2) is 16.9. The molecule has 1 amide bonds. The van der Waals surface area contributed by atoms with Crippen LogP contribution in [-0.2, 0) is 31.0 Å². The number of carbonyl (C=O) groups is 2. The highest BCUT2D eigenvalue weighted by atomic mass is 16.6. The largest absolute Gasteiger partial charge is 0.485 e. The maximum atomic E-state index is 13.6. The molecule has 0 radical (unpaired) electrons. The molecule has 5 aromatic carbocycles. The summed E-state index contributed by atoms with van der Waals surface area (Å²) >= 11 is 0. The first-order valence-electron chi connectivity index (χ1n) is 16.2. The van der Waals surface area contributed by atoms with E-state index in [0.717, 1.165) is 22.3 Å². The summed E-state index contributed by atoms with van der Waals surface area (Å²) in [5.41, 5.74) is 3.52. The zero-order valence-electron chi connectivity index (χ0n) is 28.0. The van der Waals surface area contributed by atoms with Gasteiger partial charge in [-0.3, -0.25) is 0 Å². The highest BCUT2D eigenvalue weighted by molar-refractivity contribution is 5.92. The maximum absolute atomic E-state index is 13.6. The minimum absolute atomic E-state index is 0.240. The molecule has 8 heteroatoms. The number of carbonyl (C=O) groups excluding carboxylic acids is 2. The molecule has 8 nitrogen and oxygen atoms in total. The monoisotopic (exact) mass is 659 g/mol. The average molecular weight is 660 g/mol.